The van der Waals surface area contributed by atoms with Crippen LogP contribution in [0.1, 0.15) is 0 Å². The number of fused-ring (bicyclic) bond motifs is 1. The number of benzene rings is 1. The van der Waals surface area contributed by atoms with Gasteiger partial charge in [0, 0.05) is 18.5 Å². The number of morpholine rings is 1. The van der Waals surface area contributed by atoms with Crippen LogP contribution in [0.3, 0.4) is 0 Å². The highest BCUT2D eigenvalue weighted by Crippen LogP contribution is 2.29. The summed E-state index contributed by atoms with van der Waals surface area (Å²) in [5, 5.41) is 5.36. The van der Waals surface area contributed by atoms with Gasteiger partial charge in [0.25, 0.3) is 0 Å². The second-order valence-electron chi connectivity index (χ2n) is 5.04. The summed E-state index contributed by atoms with van der Waals surface area (Å²) in [6.45, 7) is 3.30. The molecule has 0 radical (unpaired) electrons. The van der Waals surface area contributed by atoms with Gasteiger partial charge in [0.05, 0.1) is 18.7 Å². The highest BCUT2D eigenvalue weighted by atomic mass is 32.1. The summed E-state index contributed by atoms with van der Waals surface area (Å²) < 4.78 is 5.42. The van der Waals surface area contributed by atoms with Crippen molar-refractivity contribution in [2.45, 2.75) is 0 Å². The van der Waals surface area contributed by atoms with Crippen molar-refractivity contribution < 1.29 is 4.74 Å². The third-order valence-electron chi connectivity index (χ3n) is 3.78. The monoisotopic (exact) mass is 297 g/mol. The smallest absolute Gasteiger partial charge is 0.140 e. The molecule has 0 N–H and O–H groups in total. The zero-order chi connectivity index (χ0) is 14.1. The fourth-order valence-corrected chi connectivity index (χ4v) is 3.34. The molecule has 1 saturated heterocycles. The molecule has 0 amide bonds. The summed E-state index contributed by atoms with van der Waals surface area (Å²) in [5.74, 6) is 1.01. The SMILES string of the molecule is c1nc(N2CCOCC2)c2ccc(-c3ccsc3)cc2n1. The van der Waals surface area contributed by atoms with Crippen LogP contribution in [0.5, 0.6) is 0 Å². The van der Waals surface area contributed by atoms with Crippen LogP contribution in [0, 0.1) is 0 Å². The van der Waals surface area contributed by atoms with Gasteiger partial charge in [0.1, 0.15) is 12.1 Å². The molecule has 0 spiro atoms. The molecule has 1 aliphatic rings. The highest BCUT2D eigenvalue weighted by Gasteiger charge is 2.15. The molecular formula is C16H15N3OS. The summed E-state index contributed by atoms with van der Waals surface area (Å²) >= 11 is 1.71. The second kappa shape index (κ2) is 5.42. The van der Waals surface area contributed by atoms with Gasteiger partial charge >= 0.3 is 0 Å². The number of nitrogens with zero attached hydrogens (tertiary/aromatic N) is 3. The van der Waals surface area contributed by atoms with E-state index in [4.69, 9.17) is 4.74 Å². The molecular weight excluding hydrogens is 282 g/mol. The van der Waals surface area contributed by atoms with Gasteiger partial charge in [0.2, 0.25) is 0 Å². The summed E-state index contributed by atoms with van der Waals surface area (Å²) in [6.07, 6.45) is 1.66. The number of thiophene rings is 1. The minimum absolute atomic E-state index is 0.762. The minimum Gasteiger partial charge on any atom is -0.378 e. The molecule has 0 aliphatic carbocycles. The van der Waals surface area contributed by atoms with Gasteiger partial charge in [-0.05, 0) is 40.1 Å². The highest BCUT2D eigenvalue weighted by molar-refractivity contribution is 7.08. The van der Waals surface area contributed by atoms with E-state index in [1.807, 2.05) is 0 Å². The molecule has 4 rings (SSSR count). The van der Waals surface area contributed by atoms with E-state index in [0.717, 1.165) is 43.0 Å². The molecule has 3 aromatic rings. The van der Waals surface area contributed by atoms with E-state index >= 15 is 0 Å². The average Bonchev–Trinajstić information content (AvgIpc) is 3.09. The van der Waals surface area contributed by atoms with Crippen molar-refractivity contribution in [2.24, 2.45) is 0 Å². The Morgan fingerprint density at radius 3 is 2.76 bits per heavy atom. The Morgan fingerprint density at radius 1 is 1.05 bits per heavy atom. The number of hydrogen-bond donors (Lipinski definition) is 0. The summed E-state index contributed by atoms with van der Waals surface area (Å²) in [4.78, 5) is 11.2. The third-order valence-corrected chi connectivity index (χ3v) is 4.46. The van der Waals surface area contributed by atoms with E-state index in [-0.39, 0.29) is 0 Å². The zero-order valence-electron chi connectivity index (χ0n) is 11.5. The lowest BCUT2D eigenvalue weighted by atomic mass is 10.1. The van der Waals surface area contributed by atoms with Gasteiger partial charge in [-0.2, -0.15) is 11.3 Å². The summed E-state index contributed by atoms with van der Waals surface area (Å²) in [7, 11) is 0. The van der Waals surface area contributed by atoms with Crippen LogP contribution in [0.15, 0.2) is 41.4 Å². The Bertz CT molecular complexity index is 751. The van der Waals surface area contributed by atoms with Crippen LogP contribution in [0.25, 0.3) is 22.0 Å². The molecule has 4 nitrogen and oxygen atoms in total. The molecule has 0 atom stereocenters. The first-order valence-electron chi connectivity index (χ1n) is 7.02. The van der Waals surface area contributed by atoms with Gasteiger partial charge in [-0.15, -0.1) is 0 Å². The predicted molar refractivity (Wildman–Crippen MR) is 85.9 cm³/mol. The van der Waals surface area contributed by atoms with Gasteiger partial charge in [-0.1, -0.05) is 6.07 Å². The van der Waals surface area contributed by atoms with Crippen LogP contribution in [0.2, 0.25) is 0 Å². The fourth-order valence-electron chi connectivity index (χ4n) is 2.68. The normalized spacial score (nSPS) is 15.5. The summed E-state index contributed by atoms with van der Waals surface area (Å²) in [5.41, 5.74) is 3.44. The standard InChI is InChI=1S/C16H15N3OS/c1-2-14-15(9-12(1)13-3-8-21-10-13)17-11-18-16(14)19-4-6-20-7-5-19/h1-3,8-11H,4-7H2. The van der Waals surface area contributed by atoms with Gasteiger partial charge in [-0.3, -0.25) is 0 Å². The third kappa shape index (κ3) is 2.39. The number of rotatable bonds is 2. The quantitative estimate of drug-likeness (QED) is 0.728. The Kier molecular flexibility index (Phi) is 3.29. The largest absolute Gasteiger partial charge is 0.378 e. The van der Waals surface area contributed by atoms with Crippen molar-refractivity contribution in [3.05, 3.63) is 41.4 Å². The van der Waals surface area contributed by atoms with E-state index in [1.165, 1.54) is 11.1 Å². The second-order valence-corrected chi connectivity index (χ2v) is 5.82. The Hall–Kier alpha value is -1.98. The molecule has 21 heavy (non-hydrogen) atoms. The molecule has 0 bridgehead atoms. The lowest BCUT2D eigenvalue weighted by molar-refractivity contribution is 0.122. The van der Waals surface area contributed by atoms with Crippen LogP contribution < -0.4 is 4.90 Å². The Morgan fingerprint density at radius 2 is 1.95 bits per heavy atom. The van der Waals surface area contributed by atoms with Crippen LogP contribution >= 0.6 is 11.3 Å². The van der Waals surface area contributed by atoms with Crippen molar-refractivity contribution in [3.63, 3.8) is 0 Å². The molecule has 0 unspecified atom stereocenters. The van der Waals surface area contributed by atoms with Crippen molar-refractivity contribution in [1.82, 2.24) is 9.97 Å². The van der Waals surface area contributed by atoms with E-state index in [1.54, 1.807) is 17.7 Å². The number of anilines is 1. The molecule has 2 aromatic heterocycles. The number of hydrogen-bond acceptors (Lipinski definition) is 5. The summed E-state index contributed by atoms with van der Waals surface area (Å²) in [6, 6.07) is 8.56. The van der Waals surface area contributed by atoms with E-state index < -0.39 is 0 Å². The van der Waals surface area contributed by atoms with Crippen molar-refractivity contribution in [1.29, 1.82) is 0 Å². The lowest BCUT2D eigenvalue weighted by Crippen LogP contribution is -2.36. The Labute approximate surface area is 127 Å². The van der Waals surface area contributed by atoms with Crippen LogP contribution in [-0.4, -0.2) is 36.3 Å². The maximum atomic E-state index is 5.42. The van der Waals surface area contributed by atoms with Gasteiger partial charge in [0.15, 0.2) is 0 Å². The maximum absolute atomic E-state index is 5.42. The predicted octanol–water partition coefficient (Wildman–Crippen LogP) is 3.19. The first-order valence-corrected chi connectivity index (χ1v) is 7.96. The molecule has 0 saturated carbocycles. The average molecular weight is 297 g/mol. The van der Waals surface area contributed by atoms with Gasteiger partial charge < -0.3 is 9.64 Å². The zero-order valence-corrected chi connectivity index (χ0v) is 12.3. The fraction of sp³-hybridized carbons (Fsp3) is 0.250. The first kappa shape index (κ1) is 12.7. The molecule has 5 heteroatoms. The van der Waals surface area contributed by atoms with Crippen molar-refractivity contribution in [2.75, 3.05) is 31.2 Å². The molecule has 1 aliphatic heterocycles. The van der Waals surface area contributed by atoms with E-state index in [0.29, 0.717) is 0 Å². The number of aromatic nitrogens is 2. The van der Waals surface area contributed by atoms with Gasteiger partial charge in [-0.25, -0.2) is 9.97 Å². The molecule has 1 aromatic carbocycles. The number of ether oxygens (including phenoxy) is 1. The first-order chi connectivity index (χ1) is 10.4. The van der Waals surface area contributed by atoms with Crippen molar-refractivity contribution >= 4 is 28.1 Å². The minimum atomic E-state index is 0.762. The van der Waals surface area contributed by atoms with Crippen LogP contribution in [-0.2, 0) is 4.74 Å². The molecule has 106 valence electrons. The van der Waals surface area contributed by atoms with Crippen LogP contribution in [0.4, 0.5) is 5.82 Å². The van der Waals surface area contributed by atoms with E-state index in [2.05, 4.69) is 49.9 Å². The maximum Gasteiger partial charge on any atom is 0.140 e. The molecule has 1 fully saturated rings. The van der Waals surface area contributed by atoms with Crippen molar-refractivity contribution in [3.8, 4) is 11.1 Å². The topological polar surface area (TPSA) is 38.2 Å². The lowest BCUT2D eigenvalue weighted by Gasteiger charge is -2.28. The Balaban J connectivity index is 1.79. The molecule has 3 heterocycles. The van der Waals surface area contributed by atoms with E-state index in [9.17, 15) is 0 Å².